The molecule has 2 N–H and O–H groups in total. The van der Waals surface area contributed by atoms with E-state index in [0.717, 1.165) is 12.0 Å². The summed E-state index contributed by atoms with van der Waals surface area (Å²) in [5.41, 5.74) is 6.56. The molecule has 1 unspecified atom stereocenters. The van der Waals surface area contributed by atoms with E-state index in [1.54, 1.807) is 6.07 Å². The molecule has 1 rings (SSSR count). The number of hydrogen-bond donors (Lipinski definition) is 1. The fourth-order valence-electron chi connectivity index (χ4n) is 1.43. The van der Waals surface area contributed by atoms with E-state index in [1.165, 1.54) is 12.1 Å². The van der Waals surface area contributed by atoms with Gasteiger partial charge in [-0.2, -0.15) is 0 Å². The van der Waals surface area contributed by atoms with Crippen molar-refractivity contribution in [3.05, 3.63) is 29.6 Å². The Labute approximate surface area is 94.4 Å². The highest BCUT2D eigenvalue weighted by Crippen LogP contribution is 2.17. The Balaban J connectivity index is 2.73. The Bertz CT molecular complexity index is 331. The number of nitrogens with two attached hydrogens (primary N) is 1. The van der Waals surface area contributed by atoms with Crippen LogP contribution < -0.4 is 10.5 Å². The minimum Gasteiger partial charge on any atom is -0.491 e. The van der Waals surface area contributed by atoms with Gasteiger partial charge < -0.3 is 10.5 Å². The van der Waals surface area contributed by atoms with Crippen LogP contribution in [-0.2, 0) is 6.42 Å². The van der Waals surface area contributed by atoms with E-state index in [9.17, 15) is 8.78 Å². The summed E-state index contributed by atoms with van der Waals surface area (Å²) in [6, 6.07) is 4.39. The lowest BCUT2D eigenvalue weighted by Gasteiger charge is -2.11. The maximum Gasteiger partial charge on any atom is 0.127 e. The Morgan fingerprint density at radius 1 is 1.38 bits per heavy atom. The molecule has 0 radical (unpaired) electrons. The minimum atomic E-state index is -0.583. The van der Waals surface area contributed by atoms with Crippen LogP contribution >= 0.6 is 0 Å². The summed E-state index contributed by atoms with van der Waals surface area (Å²) in [6.45, 7) is 1.34. The van der Waals surface area contributed by atoms with Gasteiger partial charge in [-0.3, -0.25) is 0 Å². The third-order valence-corrected chi connectivity index (χ3v) is 2.30. The predicted octanol–water partition coefficient (Wildman–Crippen LogP) is 2.45. The van der Waals surface area contributed by atoms with Gasteiger partial charge in [0.1, 0.15) is 24.8 Å². The van der Waals surface area contributed by atoms with Gasteiger partial charge in [-0.15, -0.1) is 0 Å². The van der Waals surface area contributed by atoms with Gasteiger partial charge in [0.25, 0.3) is 0 Å². The highest BCUT2D eigenvalue weighted by atomic mass is 19.1. The normalized spacial score (nSPS) is 12.5. The fourth-order valence-corrected chi connectivity index (χ4v) is 1.43. The zero-order chi connectivity index (χ0) is 12.0. The summed E-state index contributed by atoms with van der Waals surface area (Å²) in [7, 11) is 0. The molecule has 0 aliphatic heterocycles. The molecule has 0 heterocycles. The fraction of sp³-hybridized carbons (Fsp3) is 0.500. The third-order valence-electron chi connectivity index (χ3n) is 2.30. The van der Waals surface area contributed by atoms with Gasteiger partial charge in [0.05, 0.1) is 0 Å². The van der Waals surface area contributed by atoms with Crippen LogP contribution in [0.5, 0.6) is 5.75 Å². The van der Waals surface area contributed by atoms with Crippen molar-refractivity contribution in [3.63, 3.8) is 0 Å². The molecular formula is C12H17F2NO. The summed E-state index contributed by atoms with van der Waals surface area (Å²) in [5.74, 6) is -0.0226. The lowest BCUT2D eigenvalue weighted by molar-refractivity contribution is 0.272. The number of ether oxygens (including phenoxy) is 1. The van der Waals surface area contributed by atoms with E-state index in [1.807, 2.05) is 6.92 Å². The van der Waals surface area contributed by atoms with Crippen molar-refractivity contribution in [1.29, 1.82) is 0 Å². The quantitative estimate of drug-likeness (QED) is 0.813. The average Bonchev–Trinajstić information content (AvgIpc) is 2.25. The first-order valence-corrected chi connectivity index (χ1v) is 5.39. The number of alkyl halides is 1. The molecule has 0 aromatic heterocycles. The van der Waals surface area contributed by atoms with Gasteiger partial charge in [-0.05, 0) is 30.5 Å². The molecule has 16 heavy (non-hydrogen) atoms. The van der Waals surface area contributed by atoms with Crippen molar-refractivity contribution >= 4 is 0 Å². The molecule has 2 nitrogen and oxygen atoms in total. The highest BCUT2D eigenvalue weighted by molar-refractivity contribution is 5.30. The van der Waals surface area contributed by atoms with Crippen molar-refractivity contribution in [1.82, 2.24) is 0 Å². The van der Waals surface area contributed by atoms with Gasteiger partial charge in [0, 0.05) is 12.1 Å². The molecule has 0 spiro atoms. The zero-order valence-electron chi connectivity index (χ0n) is 9.38. The molecule has 4 heteroatoms. The van der Waals surface area contributed by atoms with Gasteiger partial charge in [0.2, 0.25) is 0 Å². The van der Waals surface area contributed by atoms with Gasteiger partial charge >= 0.3 is 0 Å². The zero-order valence-corrected chi connectivity index (χ0v) is 9.38. The van der Waals surface area contributed by atoms with Crippen molar-refractivity contribution in [2.24, 2.45) is 5.73 Å². The van der Waals surface area contributed by atoms with Crippen LogP contribution in [0.2, 0.25) is 0 Å². The molecule has 0 bridgehead atoms. The summed E-state index contributed by atoms with van der Waals surface area (Å²) in [6.07, 6.45) is 1.43. The van der Waals surface area contributed by atoms with Crippen LogP contribution in [0.15, 0.2) is 18.2 Å². The van der Waals surface area contributed by atoms with E-state index < -0.39 is 6.67 Å². The van der Waals surface area contributed by atoms with Gasteiger partial charge in [-0.25, -0.2) is 8.78 Å². The number of halogens is 2. The lowest BCUT2D eigenvalue weighted by atomic mass is 10.0. The Hall–Kier alpha value is -1.16. The summed E-state index contributed by atoms with van der Waals surface area (Å²) >= 11 is 0. The first-order valence-electron chi connectivity index (χ1n) is 5.39. The second-order valence-electron chi connectivity index (χ2n) is 3.71. The molecule has 0 saturated heterocycles. The largest absolute Gasteiger partial charge is 0.491 e. The molecular weight excluding hydrogens is 212 g/mol. The molecule has 1 aromatic carbocycles. The van der Waals surface area contributed by atoms with Crippen LogP contribution in [0.1, 0.15) is 18.9 Å². The van der Waals surface area contributed by atoms with E-state index >= 15 is 0 Å². The molecule has 0 aliphatic rings. The van der Waals surface area contributed by atoms with Crippen LogP contribution in [0.25, 0.3) is 0 Å². The molecule has 0 saturated carbocycles. The van der Waals surface area contributed by atoms with E-state index in [0.29, 0.717) is 12.2 Å². The molecule has 1 atom stereocenters. The highest BCUT2D eigenvalue weighted by Gasteiger charge is 2.05. The Morgan fingerprint density at radius 3 is 2.75 bits per heavy atom. The SMILES string of the molecule is CCC(N)Cc1cc(F)cc(OCCF)c1. The minimum absolute atomic E-state index is 0.0100. The molecule has 0 fully saturated rings. The molecule has 90 valence electrons. The molecule has 1 aromatic rings. The van der Waals surface area contributed by atoms with Crippen LogP contribution in [0.4, 0.5) is 8.78 Å². The monoisotopic (exact) mass is 229 g/mol. The average molecular weight is 229 g/mol. The lowest BCUT2D eigenvalue weighted by Crippen LogP contribution is -2.21. The molecule has 0 aliphatic carbocycles. The van der Waals surface area contributed by atoms with Gasteiger partial charge in [0.15, 0.2) is 0 Å². The third kappa shape index (κ3) is 4.14. The van der Waals surface area contributed by atoms with Crippen LogP contribution in [-0.4, -0.2) is 19.3 Å². The maximum atomic E-state index is 13.2. The van der Waals surface area contributed by atoms with E-state index in [-0.39, 0.29) is 18.5 Å². The Kier molecular flexibility index (Phi) is 5.19. The van der Waals surface area contributed by atoms with Crippen LogP contribution in [0.3, 0.4) is 0 Å². The van der Waals surface area contributed by atoms with Crippen molar-refractivity contribution < 1.29 is 13.5 Å². The van der Waals surface area contributed by atoms with Crippen molar-refractivity contribution in [2.45, 2.75) is 25.8 Å². The number of benzene rings is 1. The number of rotatable bonds is 6. The van der Waals surface area contributed by atoms with Gasteiger partial charge in [-0.1, -0.05) is 6.92 Å². The first-order chi connectivity index (χ1) is 7.65. The predicted molar refractivity (Wildman–Crippen MR) is 59.8 cm³/mol. The van der Waals surface area contributed by atoms with Crippen molar-refractivity contribution in [2.75, 3.05) is 13.3 Å². The summed E-state index contributed by atoms with van der Waals surface area (Å²) < 4.78 is 30.1. The second-order valence-corrected chi connectivity index (χ2v) is 3.71. The summed E-state index contributed by atoms with van der Waals surface area (Å²) in [5, 5.41) is 0. The van der Waals surface area contributed by atoms with Crippen molar-refractivity contribution in [3.8, 4) is 5.75 Å². The van der Waals surface area contributed by atoms with E-state index in [2.05, 4.69) is 0 Å². The number of hydrogen-bond acceptors (Lipinski definition) is 2. The standard InChI is InChI=1S/C12H17F2NO/c1-2-11(15)6-9-5-10(14)8-12(7-9)16-4-3-13/h5,7-8,11H,2-4,6,15H2,1H3. The summed E-state index contributed by atoms with van der Waals surface area (Å²) in [4.78, 5) is 0. The van der Waals surface area contributed by atoms with E-state index in [4.69, 9.17) is 10.5 Å². The second kappa shape index (κ2) is 6.43. The van der Waals surface area contributed by atoms with Crippen LogP contribution in [0, 0.1) is 5.82 Å². The molecule has 0 amide bonds. The topological polar surface area (TPSA) is 35.2 Å². The Morgan fingerprint density at radius 2 is 2.12 bits per heavy atom. The smallest absolute Gasteiger partial charge is 0.127 e. The first kappa shape index (κ1) is 12.9. The maximum absolute atomic E-state index is 13.2.